The normalized spacial score (nSPS) is 23.3. The van der Waals surface area contributed by atoms with E-state index in [0.717, 1.165) is 31.6 Å². The Morgan fingerprint density at radius 1 is 1.39 bits per heavy atom. The van der Waals surface area contributed by atoms with Crippen LogP contribution in [0.15, 0.2) is 24.3 Å². The number of likely N-dealkylation sites (N-methyl/N-ethyl adjacent to an activating group) is 2. The van der Waals surface area contributed by atoms with Crippen LogP contribution in [-0.2, 0) is 4.74 Å². The predicted molar refractivity (Wildman–Crippen MR) is 71.5 cm³/mol. The first-order valence-electron chi connectivity index (χ1n) is 6.46. The summed E-state index contributed by atoms with van der Waals surface area (Å²) in [6.07, 6.45) is 2.74. The molecule has 100 valence electrons. The second-order valence-corrected chi connectivity index (χ2v) is 4.88. The molecule has 18 heavy (non-hydrogen) atoms. The van der Waals surface area contributed by atoms with Crippen LogP contribution >= 0.6 is 0 Å². The molecule has 0 aromatic heterocycles. The minimum Gasteiger partial charge on any atom is -0.372 e. The molecule has 2 unspecified atom stereocenters. The third-order valence-electron chi connectivity index (χ3n) is 3.35. The van der Waals surface area contributed by atoms with Crippen molar-refractivity contribution in [3.8, 4) is 0 Å². The highest BCUT2D eigenvalue weighted by Crippen LogP contribution is 2.22. The summed E-state index contributed by atoms with van der Waals surface area (Å²) in [5.41, 5.74) is 0.899. The number of ether oxygens (including phenoxy) is 1. The van der Waals surface area contributed by atoms with Gasteiger partial charge in [-0.25, -0.2) is 4.39 Å². The van der Waals surface area contributed by atoms with Crippen LogP contribution in [-0.4, -0.2) is 39.4 Å². The lowest BCUT2D eigenvalue weighted by Crippen LogP contribution is -2.31. The Morgan fingerprint density at radius 3 is 2.89 bits per heavy atom. The van der Waals surface area contributed by atoms with E-state index in [1.54, 1.807) is 12.1 Å². The van der Waals surface area contributed by atoms with Crippen LogP contribution in [0.3, 0.4) is 0 Å². The van der Waals surface area contributed by atoms with Gasteiger partial charge in [-0.1, -0.05) is 6.07 Å². The van der Waals surface area contributed by atoms with Crippen LogP contribution in [0.25, 0.3) is 0 Å². The molecule has 1 aliphatic rings. The second-order valence-electron chi connectivity index (χ2n) is 4.88. The number of rotatable bonds is 5. The zero-order valence-corrected chi connectivity index (χ0v) is 11.0. The maximum absolute atomic E-state index is 13.1. The third kappa shape index (κ3) is 3.43. The van der Waals surface area contributed by atoms with Gasteiger partial charge < -0.3 is 15.0 Å². The molecule has 0 aliphatic carbocycles. The van der Waals surface area contributed by atoms with Crippen LogP contribution in [0.2, 0.25) is 0 Å². The first kappa shape index (κ1) is 13.3. The molecule has 1 aliphatic heterocycles. The smallest absolute Gasteiger partial charge is 0.125 e. The van der Waals surface area contributed by atoms with E-state index in [0.29, 0.717) is 6.10 Å². The Hall–Kier alpha value is -1.13. The third-order valence-corrected chi connectivity index (χ3v) is 3.35. The van der Waals surface area contributed by atoms with Gasteiger partial charge in [-0.2, -0.15) is 0 Å². The van der Waals surface area contributed by atoms with E-state index in [4.69, 9.17) is 4.74 Å². The van der Waals surface area contributed by atoms with E-state index in [2.05, 4.69) is 10.2 Å². The van der Waals surface area contributed by atoms with Gasteiger partial charge >= 0.3 is 0 Å². The molecule has 1 aromatic carbocycles. The van der Waals surface area contributed by atoms with Gasteiger partial charge in [0.1, 0.15) is 5.82 Å². The maximum Gasteiger partial charge on any atom is 0.125 e. The lowest BCUT2D eigenvalue weighted by Gasteiger charge is -2.23. The van der Waals surface area contributed by atoms with Gasteiger partial charge in [-0.05, 0) is 38.1 Å². The fraction of sp³-hybridized carbons (Fsp3) is 0.571. The molecular weight excluding hydrogens is 231 g/mol. The number of benzene rings is 1. The monoisotopic (exact) mass is 252 g/mol. The Kier molecular flexibility index (Phi) is 4.55. The minimum absolute atomic E-state index is 0.195. The van der Waals surface area contributed by atoms with E-state index in [1.807, 2.05) is 20.2 Å². The van der Waals surface area contributed by atoms with Crippen molar-refractivity contribution in [2.24, 2.45) is 0 Å². The van der Waals surface area contributed by atoms with Crippen molar-refractivity contribution < 1.29 is 9.13 Å². The van der Waals surface area contributed by atoms with Crippen molar-refractivity contribution in [3.63, 3.8) is 0 Å². The SMILES string of the molecule is CNCC1CCC(CN(C)c2cccc(F)c2)O1. The summed E-state index contributed by atoms with van der Waals surface area (Å²) in [6.45, 7) is 1.71. The molecule has 0 bridgehead atoms. The first-order valence-corrected chi connectivity index (χ1v) is 6.46. The summed E-state index contributed by atoms with van der Waals surface area (Å²) < 4.78 is 19.1. The minimum atomic E-state index is -0.195. The van der Waals surface area contributed by atoms with Crippen molar-refractivity contribution in [2.45, 2.75) is 25.0 Å². The molecule has 2 rings (SSSR count). The fourth-order valence-corrected chi connectivity index (χ4v) is 2.42. The number of nitrogens with one attached hydrogen (secondary N) is 1. The molecule has 1 aromatic rings. The Morgan fingerprint density at radius 2 is 2.17 bits per heavy atom. The van der Waals surface area contributed by atoms with Crippen LogP contribution in [0.4, 0.5) is 10.1 Å². The summed E-state index contributed by atoms with van der Waals surface area (Å²) in [5, 5.41) is 3.13. The van der Waals surface area contributed by atoms with E-state index in [9.17, 15) is 4.39 Å². The van der Waals surface area contributed by atoms with Crippen molar-refractivity contribution >= 4 is 5.69 Å². The second kappa shape index (κ2) is 6.16. The number of hydrogen-bond donors (Lipinski definition) is 1. The van der Waals surface area contributed by atoms with Gasteiger partial charge in [0.15, 0.2) is 0 Å². The molecule has 1 N–H and O–H groups in total. The number of hydrogen-bond acceptors (Lipinski definition) is 3. The summed E-state index contributed by atoms with van der Waals surface area (Å²) >= 11 is 0. The van der Waals surface area contributed by atoms with Gasteiger partial charge in [0.2, 0.25) is 0 Å². The number of anilines is 1. The van der Waals surface area contributed by atoms with Crippen molar-refractivity contribution in [1.82, 2.24) is 5.32 Å². The highest BCUT2D eigenvalue weighted by Gasteiger charge is 2.25. The molecular formula is C14H21FN2O. The van der Waals surface area contributed by atoms with Crippen molar-refractivity contribution in [3.05, 3.63) is 30.1 Å². The van der Waals surface area contributed by atoms with Gasteiger partial charge in [-0.3, -0.25) is 0 Å². The number of halogens is 1. The van der Waals surface area contributed by atoms with Crippen LogP contribution < -0.4 is 10.2 Å². The summed E-state index contributed by atoms with van der Waals surface area (Å²) in [7, 11) is 3.92. The Balaban J connectivity index is 1.86. The molecule has 1 fully saturated rings. The molecule has 0 spiro atoms. The highest BCUT2D eigenvalue weighted by atomic mass is 19.1. The average Bonchev–Trinajstić information content (AvgIpc) is 2.77. The largest absolute Gasteiger partial charge is 0.372 e. The molecule has 0 radical (unpaired) electrons. The number of nitrogens with zero attached hydrogens (tertiary/aromatic N) is 1. The van der Waals surface area contributed by atoms with Gasteiger partial charge in [-0.15, -0.1) is 0 Å². The van der Waals surface area contributed by atoms with E-state index in [-0.39, 0.29) is 11.9 Å². The zero-order valence-electron chi connectivity index (χ0n) is 11.0. The van der Waals surface area contributed by atoms with E-state index < -0.39 is 0 Å². The Bertz CT molecular complexity index is 386. The van der Waals surface area contributed by atoms with Crippen LogP contribution in [0.5, 0.6) is 0 Å². The lowest BCUT2D eigenvalue weighted by atomic mass is 10.2. The molecule has 3 nitrogen and oxygen atoms in total. The lowest BCUT2D eigenvalue weighted by molar-refractivity contribution is 0.0510. The van der Waals surface area contributed by atoms with Crippen LogP contribution in [0, 0.1) is 5.82 Å². The van der Waals surface area contributed by atoms with Gasteiger partial charge in [0, 0.05) is 25.8 Å². The van der Waals surface area contributed by atoms with Gasteiger partial charge in [0.05, 0.1) is 12.2 Å². The summed E-state index contributed by atoms with van der Waals surface area (Å²) in [6, 6.07) is 6.68. The highest BCUT2D eigenvalue weighted by molar-refractivity contribution is 5.45. The van der Waals surface area contributed by atoms with Crippen LogP contribution in [0.1, 0.15) is 12.8 Å². The van der Waals surface area contributed by atoms with E-state index >= 15 is 0 Å². The molecule has 2 atom stereocenters. The summed E-state index contributed by atoms with van der Waals surface area (Å²) in [5.74, 6) is -0.195. The average molecular weight is 252 g/mol. The molecule has 1 heterocycles. The molecule has 1 saturated heterocycles. The zero-order chi connectivity index (χ0) is 13.0. The molecule has 0 amide bonds. The quantitative estimate of drug-likeness (QED) is 0.868. The van der Waals surface area contributed by atoms with Crippen molar-refractivity contribution in [1.29, 1.82) is 0 Å². The fourth-order valence-electron chi connectivity index (χ4n) is 2.42. The maximum atomic E-state index is 13.1. The topological polar surface area (TPSA) is 24.5 Å². The standard InChI is InChI=1S/C14H21FN2O/c1-16-9-13-6-7-14(18-13)10-17(2)12-5-3-4-11(15)8-12/h3-5,8,13-14,16H,6-7,9-10H2,1-2H3. The van der Waals surface area contributed by atoms with Crippen molar-refractivity contribution in [2.75, 3.05) is 32.1 Å². The Labute approximate surface area is 108 Å². The van der Waals surface area contributed by atoms with Gasteiger partial charge in [0.25, 0.3) is 0 Å². The van der Waals surface area contributed by atoms with E-state index in [1.165, 1.54) is 6.07 Å². The predicted octanol–water partition coefficient (Wildman–Crippen LogP) is 2.03. The summed E-state index contributed by atoms with van der Waals surface area (Å²) in [4.78, 5) is 2.05. The molecule has 0 saturated carbocycles. The first-order chi connectivity index (χ1) is 8.69. The molecule has 4 heteroatoms.